The molecule has 3 rings (SSSR count). The molecule has 1 N–H and O–H groups in total. The Bertz CT molecular complexity index is 748. The predicted octanol–water partition coefficient (Wildman–Crippen LogP) is 3.63. The number of benzene rings is 1. The van der Waals surface area contributed by atoms with Crippen LogP contribution in [0.15, 0.2) is 24.3 Å². The van der Waals surface area contributed by atoms with Gasteiger partial charge < -0.3 is 10.2 Å². The van der Waals surface area contributed by atoms with Gasteiger partial charge in [-0.05, 0) is 57.4 Å². The van der Waals surface area contributed by atoms with Crippen molar-refractivity contribution in [1.82, 2.24) is 20.0 Å². The normalized spacial score (nSPS) is 14.7. The summed E-state index contributed by atoms with van der Waals surface area (Å²) in [6, 6.07) is 7.68. The lowest BCUT2D eigenvalue weighted by atomic mass is 10.1. The van der Waals surface area contributed by atoms with Crippen LogP contribution in [0.5, 0.6) is 0 Å². The summed E-state index contributed by atoms with van der Waals surface area (Å²) >= 11 is 5.97. The highest BCUT2D eigenvalue weighted by Gasteiger charge is 2.16. The van der Waals surface area contributed by atoms with Crippen LogP contribution >= 0.6 is 11.6 Å². The first-order valence-corrected chi connectivity index (χ1v) is 9.73. The predicted molar refractivity (Wildman–Crippen MR) is 105 cm³/mol. The lowest BCUT2D eigenvalue weighted by Gasteiger charge is -2.26. The highest BCUT2D eigenvalue weighted by molar-refractivity contribution is 6.30. The fourth-order valence-corrected chi connectivity index (χ4v) is 3.60. The SMILES string of the molecule is Cc1nn(-c2ccc(Cl)cc2)c(C)c1CNCCC(=O)N1CCCCC1. The van der Waals surface area contributed by atoms with E-state index in [9.17, 15) is 4.79 Å². The average molecular weight is 375 g/mol. The third-order valence-electron chi connectivity index (χ3n) is 5.04. The molecule has 0 atom stereocenters. The number of carbonyl (C=O) groups excluding carboxylic acids is 1. The van der Waals surface area contributed by atoms with Crippen LogP contribution in [0.25, 0.3) is 5.69 Å². The molecular weight excluding hydrogens is 348 g/mol. The van der Waals surface area contributed by atoms with Crippen molar-refractivity contribution < 1.29 is 4.79 Å². The molecule has 1 aromatic heterocycles. The lowest BCUT2D eigenvalue weighted by molar-refractivity contribution is -0.131. The van der Waals surface area contributed by atoms with Gasteiger partial charge in [0.05, 0.1) is 11.4 Å². The van der Waals surface area contributed by atoms with Gasteiger partial charge in [0.1, 0.15) is 0 Å². The van der Waals surface area contributed by atoms with E-state index in [4.69, 9.17) is 11.6 Å². The number of hydrogen-bond donors (Lipinski definition) is 1. The van der Waals surface area contributed by atoms with Crippen molar-refractivity contribution >= 4 is 17.5 Å². The van der Waals surface area contributed by atoms with E-state index < -0.39 is 0 Å². The molecule has 6 heteroatoms. The number of carbonyl (C=O) groups is 1. The van der Waals surface area contributed by atoms with Crippen LogP contribution in [0, 0.1) is 13.8 Å². The first kappa shape index (κ1) is 18.9. The number of nitrogens with zero attached hydrogens (tertiary/aromatic N) is 3. The zero-order chi connectivity index (χ0) is 18.5. The Hall–Kier alpha value is -1.85. The van der Waals surface area contributed by atoms with E-state index in [1.807, 2.05) is 40.8 Å². The van der Waals surface area contributed by atoms with Gasteiger partial charge in [-0.3, -0.25) is 4.79 Å². The standard InChI is InChI=1S/C20H27ClN4O/c1-15-19(14-22-11-10-20(26)24-12-4-3-5-13-24)16(2)25(23-15)18-8-6-17(21)7-9-18/h6-9,22H,3-5,10-14H2,1-2H3. The van der Waals surface area contributed by atoms with E-state index in [0.29, 0.717) is 13.0 Å². The number of halogens is 1. The zero-order valence-electron chi connectivity index (χ0n) is 15.6. The summed E-state index contributed by atoms with van der Waals surface area (Å²) < 4.78 is 1.95. The molecule has 0 bridgehead atoms. The van der Waals surface area contributed by atoms with Gasteiger partial charge in [-0.1, -0.05) is 11.6 Å². The maximum Gasteiger partial charge on any atom is 0.223 e. The van der Waals surface area contributed by atoms with Gasteiger partial charge in [-0.25, -0.2) is 4.68 Å². The largest absolute Gasteiger partial charge is 0.343 e. The number of aromatic nitrogens is 2. The minimum absolute atomic E-state index is 0.266. The topological polar surface area (TPSA) is 50.2 Å². The highest BCUT2D eigenvalue weighted by Crippen LogP contribution is 2.19. The first-order chi connectivity index (χ1) is 12.6. The number of nitrogens with one attached hydrogen (secondary N) is 1. The molecule has 0 spiro atoms. The molecule has 2 aromatic rings. The summed E-state index contributed by atoms with van der Waals surface area (Å²) in [5.74, 6) is 0.266. The molecular formula is C20H27ClN4O. The van der Waals surface area contributed by atoms with Gasteiger partial charge in [0, 0.05) is 48.9 Å². The minimum atomic E-state index is 0.266. The quantitative estimate of drug-likeness (QED) is 0.785. The molecule has 0 aliphatic carbocycles. The molecule has 26 heavy (non-hydrogen) atoms. The van der Waals surface area contributed by atoms with E-state index in [2.05, 4.69) is 17.3 Å². The van der Waals surface area contributed by atoms with E-state index in [1.54, 1.807) is 0 Å². The van der Waals surface area contributed by atoms with Crippen molar-refractivity contribution in [2.45, 2.75) is 46.1 Å². The Balaban J connectivity index is 1.55. The zero-order valence-corrected chi connectivity index (χ0v) is 16.4. The molecule has 1 aliphatic rings. The van der Waals surface area contributed by atoms with Gasteiger partial charge in [0.15, 0.2) is 0 Å². The Morgan fingerprint density at radius 3 is 2.54 bits per heavy atom. The molecule has 1 aliphatic heterocycles. The Labute approximate surface area is 160 Å². The number of aryl methyl sites for hydroxylation is 1. The summed E-state index contributed by atoms with van der Waals surface area (Å²) in [6.07, 6.45) is 4.09. The van der Waals surface area contributed by atoms with Crippen molar-refractivity contribution in [2.75, 3.05) is 19.6 Å². The maximum atomic E-state index is 12.2. The molecule has 1 fully saturated rings. The molecule has 1 amide bonds. The van der Waals surface area contributed by atoms with Crippen LogP contribution in [0.1, 0.15) is 42.6 Å². The van der Waals surface area contributed by atoms with Crippen molar-refractivity contribution in [1.29, 1.82) is 0 Å². The second-order valence-electron chi connectivity index (χ2n) is 6.91. The smallest absolute Gasteiger partial charge is 0.223 e. The second-order valence-corrected chi connectivity index (χ2v) is 7.34. The molecule has 140 valence electrons. The van der Waals surface area contributed by atoms with Crippen molar-refractivity contribution in [3.05, 3.63) is 46.2 Å². The van der Waals surface area contributed by atoms with Crippen molar-refractivity contribution in [2.24, 2.45) is 0 Å². The van der Waals surface area contributed by atoms with Gasteiger partial charge in [0.2, 0.25) is 5.91 Å². The number of amides is 1. The summed E-state index contributed by atoms with van der Waals surface area (Å²) in [4.78, 5) is 14.2. The van der Waals surface area contributed by atoms with Gasteiger partial charge in [0.25, 0.3) is 0 Å². The van der Waals surface area contributed by atoms with Gasteiger partial charge in [-0.15, -0.1) is 0 Å². The van der Waals surface area contributed by atoms with Crippen LogP contribution in [-0.4, -0.2) is 40.2 Å². The lowest BCUT2D eigenvalue weighted by Crippen LogP contribution is -2.37. The third-order valence-corrected chi connectivity index (χ3v) is 5.29. The highest BCUT2D eigenvalue weighted by atomic mass is 35.5. The molecule has 0 saturated carbocycles. The number of piperidine rings is 1. The van der Waals surface area contributed by atoms with Gasteiger partial charge >= 0.3 is 0 Å². The summed E-state index contributed by atoms with van der Waals surface area (Å²) in [5, 5.41) is 8.78. The molecule has 1 saturated heterocycles. The molecule has 0 unspecified atom stereocenters. The molecule has 0 radical (unpaired) electrons. The van der Waals surface area contributed by atoms with Crippen molar-refractivity contribution in [3.63, 3.8) is 0 Å². The van der Waals surface area contributed by atoms with E-state index in [0.717, 1.165) is 54.6 Å². The molecule has 1 aromatic carbocycles. The number of rotatable bonds is 6. The number of hydrogen-bond acceptors (Lipinski definition) is 3. The van der Waals surface area contributed by atoms with Crippen LogP contribution < -0.4 is 5.32 Å². The van der Waals surface area contributed by atoms with Crippen LogP contribution in [-0.2, 0) is 11.3 Å². The second kappa shape index (κ2) is 8.69. The summed E-state index contributed by atoms with van der Waals surface area (Å²) in [5.41, 5.74) is 4.30. The van der Waals surface area contributed by atoms with Crippen LogP contribution in [0.4, 0.5) is 0 Å². The van der Waals surface area contributed by atoms with Gasteiger partial charge in [-0.2, -0.15) is 5.10 Å². The maximum absolute atomic E-state index is 12.2. The first-order valence-electron chi connectivity index (χ1n) is 9.36. The van der Waals surface area contributed by atoms with Crippen LogP contribution in [0.3, 0.4) is 0 Å². The van der Waals surface area contributed by atoms with E-state index in [-0.39, 0.29) is 5.91 Å². The minimum Gasteiger partial charge on any atom is -0.343 e. The monoisotopic (exact) mass is 374 g/mol. The summed E-state index contributed by atoms with van der Waals surface area (Å²) in [7, 11) is 0. The van der Waals surface area contributed by atoms with Crippen LogP contribution in [0.2, 0.25) is 5.02 Å². The third kappa shape index (κ3) is 4.46. The Kier molecular flexibility index (Phi) is 6.33. The fourth-order valence-electron chi connectivity index (χ4n) is 3.47. The number of likely N-dealkylation sites (tertiary alicyclic amines) is 1. The van der Waals surface area contributed by atoms with Crippen molar-refractivity contribution in [3.8, 4) is 5.69 Å². The Morgan fingerprint density at radius 2 is 1.85 bits per heavy atom. The molecule has 5 nitrogen and oxygen atoms in total. The fraction of sp³-hybridized carbons (Fsp3) is 0.500. The molecule has 2 heterocycles. The van der Waals surface area contributed by atoms with E-state index >= 15 is 0 Å². The van der Waals surface area contributed by atoms with E-state index in [1.165, 1.54) is 12.0 Å². The Morgan fingerprint density at radius 1 is 1.15 bits per heavy atom. The summed E-state index contributed by atoms with van der Waals surface area (Å²) in [6.45, 7) is 7.36. The average Bonchev–Trinajstić information content (AvgIpc) is 2.94.